The summed E-state index contributed by atoms with van der Waals surface area (Å²) in [5.74, 6) is -0.556. The van der Waals surface area contributed by atoms with Crippen molar-refractivity contribution < 1.29 is 19.1 Å². The number of carbonyl (C=O) groups excluding carboxylic acids is 2. The standard InChI is InChI=1S/C27H27N3O5/c1-2-34-23(31)16-27(14-8-12-20(15-27)19-9-4-3-5-10-19)18-35-26(33)30-24-25(32)29-22-13-7-6-11-21(22)17-28-24/h3-7,9-13,17H,2,8,14-16,18H2,1H3,(H,28,29,30,32,33)/t27-/m1/s1. The van der Waals surface area contributed by atoms with Gasteiger partial charge < -0.3 is 9.47 Å². The molecule has 1 aliphatic carbocycles. The van der Waals surface area contributed by atoms with Crippen LogP contribution in [0.3, 0.4) is 0 Å². The second kappa shape index (κ2) is 10.9. The van der Waals surface area contributed by atoms with E-state index < -0.39 is 17.1 Å². The van der Waals surface area contributed by atoms with Gasteiger partial charge in [0, 0.05) is 17.0 Å². The molecule has 0 bridgehead atoms. The summed E-state index contributed by atoms with van der Waals surface area (Å²) in [6, 6.07) is 17.0. The van der Waals surface area contributed by atoms with Gasteiger partial charge in [0.05, 0.1) is 25.2 Å². The Morgan fingerprint density at radius 2 is 1.83 bits per heavy atom. The molecule has 1 atom stereocenters. The van der Waals surface area contributed by atoms with Crippen LogP contribution in [0.1, 0.15) is 38.2 Å². The molecule has 2 aromatic carbocycles. The van der Waals surface area contributed by atoms with Gasteiger partial charge >= 0.3 is 17.6 Å². The van der Waals surface area contributed by atoms with Crippen molar-refractivity contribution >= 4 is 34.4 Å². The number of hydrogen-bond donors (Lipinski definition) is 1. The molecule has 1 aromatic heterocycles. The van der Waals surface area contributed by atoms with Crippen LogP contribution in [-0.4, -0.2) is 35.2 Å². The zero-order valence-corrected chi connectivity index (χ0v) is 19.5. The molecule has 1 heterocycles. The van der Waals surface area contributed by atoms with Crippen molar-refractivity contribution in [1.82, 2.24) is 9.97 Å². The molecule has 0 fully saturated rings. The van der Waals surface area contributed by atoms with Crippen molar-refractivity contribution in [3.8, 4) is 0 Å². The Bertz CT molecular complexity index is 1310. The van der Waals surface area contributed by atoms with Crippen LogP contribution in [-0.2, 0) is 14.3 Å². The number of rotatable bonds is 7. The number of para-hydroxylation sites is 1. The molecule has 0 saturated carbocycles. The number of benzene rings is 2. The Balaban J connectivity index is 1.50. The normalized spacial score (nSPS) is 17.3. The minimum absolute atomic E-state index is 0.00955. The van der Waals surface area contributed by atoms with Crippen LogP contribution in [0.4, 0.5) is 10.6 Å². The Hall–Kier alpha value is -4.07. The average molecular weight is 474 g/mol. The molecule has 4 rings (SSSR count). The molecule has 1 amide bonds. The quantitative estimate of drug-likeness (QED) is 0.494. The van der Waals surface area contributed by atoms with E-state index in [1.54, 1.807) is 25.1 Å². The Morgan fingerprint density at radius 1 is 1.06 bits per heavy atom. The van der Waals surface area contributed by atoms with Crippen molar-refractivity contribution in [2.45, 2.75) is 32.6 Å². The van der Waals surface area contributed by atoms with Gasteiger partial charge in [-0.1, -0.05) is 54.6 Å². The maximum Gasteiger partial charge on any atom is 0.412 e. The number of amides is 1. The second-order valence-electron chi connectivity index (χ2n) is 8.58. The van der Waals surface area contributed by atoms with E-state index >= 15 is 0 Å². The lowest BCUT2D eigenvalue weighted by Gasteiger charge is -2.36. The number of nitrogens with one attached hydrogen (secondary N) is 1. The lowest BCUT2D eigenvalue weighted by atomic mass is 9.71. The van der Waals surface area contributed by atoms with Crippen molar-refractivity contribution in [1.29, 1.82) is 0 Å². The summed E-state index contributed by atoms with van der Waals surface area (Å²) in [6.07, 6.45) is 4.88. The van der Waals surface area contributed by atoms with E-state index in [9.17, 15) is 14.4 Å². The fourth-order valence-corrected chi connectivity index (χ4v) is 4.32. The van der Waals surface area contributed by atoms with E-state index in [1.165, 1.54) is 6.20 Å². The van der Waals surface area contributed by atoms with Gasteiger partial charge in [0.15, 0.2) is 0 Å². The third-order valence-electron chi connectivity index (χ3n) is 6.02. The van der Waals surface area contributed by atoms with E-state index in [0.717, 1.165) is 17.6 Å². The lowest BCUT2D eigenvalue weighted by Crippen LogP contribution is -2.35. The molecule has 3 aromatic rings. The number of nitrogens with zero attached hydrogens (tertiary/aromatic N) is 2. The summed E-state index contributed by atoms with van der Waals surface area (Å²) >= 11 is 0. The molecule has 8 heteroatoms. The third-order valence-corrected chi connectivity index (χ3v) is 6.02. The number of allylic oxidation sites excluding steroid dienone is 2. The molecular formula is C27H27N3O5. The van der Waals surface area contributed by atoms with Crippen LogP contribution in [0.15, 0.2) is 71.7 Å². The summed E-state index contributed by atoms with van der Waals surface area (Å²) in [6.45, 7) is 2.03. The fraction of sp³-hybridized carbons (Fsp3) is 0.296. The number of aromatic nitrogens is 2. The largest absolute Gasteiger partial charge is 0.466 e. The highest BCUT2D eigenvalue weighted by Crippen LogP contribution is 2.43. The van der Waals surface area contributed by atoms with Gasteiger partial charge in [-0.05, 0) is 43.4 Å². The van der Waals surface area contributed by atoms with E-state index in [4.69, 9.17) is 9.47 Å². The minimum atomic E-state index is -0.828. The number of esters is 1. The zero-order chi connectivity index (χ0) is 24.7. The maximum absolute atomic E-state index is 12.6. The highest BCUT2D eigenvalue weighted by Gasteiger charge is 2.38. The molecule has 0 spiro atoms. The molecule has 0 radical (unpaired) electrons. The number of ether oxygens (including phenoxy) is 2. The summed E-state index contributed by atoms with van der Waals surface area (Å²) in [7, 11) is 0. The molecule has 8 nitrogen and oxygen atoms in total. The monoisotopic (exact) mass is 473 g/mol. The molecule has 0 saturated heterocycles. The Labute approximate surface area is 203 Å². The number of fused-ring (bicyclic) bond motifs is 1. The molecule has 35 heavy (non-hydrogen) atoms. The first kappa shape index (κ1) is 24.1. The molecule has 180 valence electrons. The molecule has 0 unspecified atom stereocenters. The van der Waals surface area contributed by atoms with E-state index in [-0.39, 0.29) is 31.4 Å². The fourth-order valence-electron chi connectivity index (χ4n) is 4.32. The van der Waals surface area contributed by atoms with Crippen molar-refractivity contribution in [2.24, 2.45) is 5.41 Å². The zero-order valence-electron chi connectivity index (χ0n) is 19.5. The predicted molar refractivity (Wildman–Crippen MR) is 133 cm³/mol. The van der Waals surface area contributed by atoms with Gasteiger partial charge in [-0.3, -0.25) is 14.9 Å². The topological polar surface area (TPSA) is 107 Å². The van der Waals surface area contributed by atoms with Gasteiger partial charge in [-0.25, -0.2) is 14.8 Å². The summed E-state index contributed by atoms with van der Waals surface area (Å²) in [5.41, 5.74) is 1.35. The average Bonchev–Trinajstić information content (AvgIpc) is 3.02. The first-order chi connectivity index (χ1) is 17.0. The number of hydrogen-bond acceptors (Lipinski definition) is 7. The smallest absolute Gasteiger partial charge is 0.412 e. The molecule has 0 aliphatic heterocycles. The van der Waals surface area contributed by atoms with Crippen LogP contribution in [0.5, 0.6) is 0 Å². The molecule has 1 aliphatic rings. The third kappa shape index (κ3) is 6.09. The second-order valence-corrected chi connectivity index (χ2v) is 8.58. The van der Waals surface area contributed by atoms with Gasteiger partial charge in [0.1, 0.15) is 0 Å². The van der Waals surface area contributed by atoms with Crippen molar-refractivity contribution in [2.75, 3.05) is 18.5 Å². The lowest BCUT2D eigenvalue weighted by molar-refractivity contribution is -0.146. The molecular weight excluding hydrogens is 446 g/mol. The predicted octanol–water partition coefficient (Wildman–Crippen LogP) is 4.75. The summed E-state index contributed by atoms with van der Waals surface area (Å²) in [4.78, 5) is 45.6. The SMILES string of the molecule is CCOC(=O)C[C@@]1(COC(=O)Nc2ncc3ccccc3nc2=O)CCC=C(c2ccccc2)C1. The number of carbonyl (C=O) groups is 2. The van der Waals surface area contributed by atoms with Gasteiger partial charge in [0.2, 0.25) is 5.82 Å². The van der Waals surface area contributed by atoms with E-state index in [0.29, 0.717) is 23.7 Å². The van der Waals surface area contributed by atoms with Crippen molar-refractivity contribution in [3.05, 3.63) is 82.8 Å². The van der Waals surface area contributed by atoms with Crippen molar-refractivity contribution in [3.63, 3.8) is 0 Å². The van der Waals surface area contributed by atoms with Gasteiger partial charge in [-0.15, -0.1) is 0 Å². The van der Waals surface area contributed by atoms with Gasteiger partial charge in [0.25, 0.3) is 0 Å². The highest BCUT2D eigenvalue weighted by molar-refractivity contribution is 5.84. The maximum atomic E-state index is 12.6. The first-order valence-electron chi connectivity index (χ1n) is 11.6. The van der Waals surface area contributed by atoms with Gasteiger partial charge in [-0.2, -0.15) is 0 Å². The minimum Gasteiger partial charge on any atom is -0.466 e. The number of anilines is 1. The van der Waals surface area contributed by atoms with Crippen LogP contribution < -0.4 is 10.9 Å². The summed E-state index contributed by atoms with van der Waals surface area (Å²) in [5, 5.41) is 3.07. The Kier molecular flexibility index (Phi) is 7.50. The Morgan fingerprint density at radius 3 is 2.63 bits per heavy atom. The summed E-state index contributed by atoms with van der Waals surface area (Å²) < 4.78 is 10.7. The first-order valence-corrected chi connectivity index (χ1v) is 11.6. The van der Waals surface area contributed by atoms with E-state index in [1.807, 2.05) is 36.4 Å². The van der Waals surface area contributed by atoms with Crippen LogP contribution in [0.25, 0.3) is 16.5 Å². The van der Waals surface area contributed by atoms with Crippen LogP contribution >= 0.6 is 0 Å². The molecule has 1 N–H and O–H groups in total. The van der Waals surface area contributed by atoms with Crippen LogP contribution in [0.2, 0.25) is 0 Å². The van der Waals surface area contributed by atoms with E-state index in [2.05, 4.69) is 21.4 Å². The van der Waals surface area contributed by atoms with Crippen LogP contribution in [0, 0.1) is 5.41 Å². The highest BCUT2D eigenvalue weighted by atomic mass is 16.6.